The van der Waals surface area contributed by atoms with Crippen LogP contribution in [0.2, 0.25) is 0 Å². The molecule has 6 nitrogen and oxygen atoms in total. The zero-order chi connectivity index (χ0) is 19.6. The van der Waals surface area contributed by atoms with E-state index in [9.17, 15) is 13.2 Å². The van der Waals surface area contributed by atoms with E-state index in [2.05, 4.69) is 17.4 Å². The van der Waals surface area contributed by atoms with Crippen molar-refractivity contribution in [3.05, 3.63) is 59.2 Å². The lowest BCUT2D eigenvalue weighted by molar-refractivity contribution is -0.115. The first-order valence-corrected chi connectivity index (χ1v) is 11.0. The predicted octanol–water partition coefficient (Wildman–Crippen LogP) is 2.38. The molecule has 0 bridgehead atoms. The fourth-order valence-electron chi connectivity index (χ4n) is 3.80. The molecule has 0 saturated carbocycles. The molecule has 0 unspecified atom stereocenters. The fraction of sp³-hybridized carbons (Fsp3) is 0.381. The number of rotatable bonds is 5. The van der Waals surface area contributed by atoms with Crippen molar-refractivity contribution in [2.75, 3.05) is 31.6 Å². The van der Waals surface area contributed by atoms with E-state index in [1.165, 1.54) is 27.9 Å². The zero-order valence-electron chi connectivity index (χ0n) is 15.7. The summed E-state index contributed by atoms with van der Waals surface area (Å²) in [6.07, 6.45) is 3.64. The number of hydrogen-bond acceptors (Lipinski definition) is 4. The highest BCUT2D eigenvalue weighted by molar-refractivity contribution is 7.89. The van der Waals surface area contributed by atoms with Crippen LogP contribution in [-0.4, -0.2) is 44.9 Å². The van der Waals surface area contributed by atoms with E-state index in [4.69, 9.17) is 4.74 Å². The third-order valence-electron chi connectivity index (χ3n) is 5.25. The maximum absolute atomic E-state index is 12.8. The summed E-state index contributed by atoms with van der Waals surface area (Å²) in [5.74, 6) is -0.154. The number of amides is 1. The van der Waals surface area contributed by atoms with E-state index < -0.39 is 10.0 Å². The van der Waals surface area contributed by atoms with Gasteiger partial charge in [0.05, 0.1) is 24.5 Å². The number of anilines is 1. The fourth-order valence-corrected chi connectivity index (χ4v) is 5.25. The van der Waals surface area contributed by atoms with Crippen LogP contribution in [0.25, 0.3) is 0 Å². The van der Waals surface area contributed by atoms with Gasteiger partial charge in [0, 0.05) is 18.8 Å². The molecule has 148 valence electrons. The van der Waals surface area contributed by atoms with E-state index in [1.54, 1.807) is 18.2 Å². The number of nitrogens with one attached hydrogen (secondary N) is 1. The Kier molecular flexibility index (Phi) is 5.48. The maximum Gasteiger partial charge on any atom is 0.243 e. The van der Waals surface area contributed by atoms with Crippen LogP contribution < -0.4 is 5.32 Å². The molecule has 4 rings (SSSR count). The largest absolute Gasteiger partial charge is 0.379 e. The Labute approximate surface area is 165 Å². The first-order chi connectivity index (χ1) is 13.5. The van der Waals surface area contributed by atoms with Crippen LogP contribution >= 0.6 is 0 Å². The maximum atomic E-state index is 12.8. The first kappa shape index (κ1) is 19.1. The summed E-state index contributed by atoms with van der Waals surface area (Å²) in [4.78, 5) is 12.6. The molecule has 1 aliphatic carbocycles. The molecule has 0 radical (unpaired) electrons. The average Bonchev–Trinajstić information content (AvgIpc) is 3.16. The highest BCUT2D eigenvalue weighted by atomic mass is 32.2. The topological polar surface area (TPSA) is 75.7 Å². The summed E-state index contributed by atoms with van der Waals surface area (Å²) < 4.78 is 32.2. The summed E-state index contributed by atoms with van der Waals surface area (Å²) in [5, 5.41) is 2.83. The van der Waals surface area contributed by atoms with Crippen molar-refractivity contribution >= 4 is 21.6 Å². The van der Waals surface area contributed by atoms with Gasteiger partial charge in [0.1, 0.15) is 0 Å². The van der Waals surface area contributed by atoms with E-state index in [1.807, 2.05) is 6.07 Å². The van der Waals surface area contributed by atoms with Gasteiger partial charge in [0.2, 0.25) is 15.9 Å². The monoisotopic (exact) mass is 400 g/mol. The molecule has 7 heteroatoms. The lowest BCUT2D eigenvalue weighted by Crippen LogP contribution is -2.40. The van der Waals surface area contributed by atoms with Gasteiger partial charge < -0.3 is 10.1 Å². The van der Waals surface area contributed by atoms with Gasteiger partial charge >= 0.3 is 0 Å². The molecule has 2 aliphatic rings. The Hall–Kier alpha value is -2.22. The molecule has 2 aromatic carbocycles. The van der Waals surface area contributed by atoms with Gasteiger partial charge in [0.25, 0.3) is 0 Å². The smallest absolute Gasteiger partial charge is 0.243 e. The Morgan fingerprint density at radius 2 is 1.82 bits per heavy atom. The number of aryl methyl sites for hydroxylation is 2. The van der Waals surface area contributed by atoms with Gasteiger partial charge in [-0.05, 0) is 54.2 Å². The van der Waals surface area contributed by atoms with Crippen molar-refractivity contribution < 1.29 is 17.9 Å². The van der Waals surface area contributed by atoms with Crippen LogP contribution in [0.1, 0.15) is 23.1 Å². The van der Waals surface area contributed by atoms with Gasteiger partial charge in [-0.25, -0.2) is 8.42 Å². The summed E-state index contributed by atoms with van der Waals surface area (Å²) in [5.41, 5.74) is 4.19. The molecule has 0 atom stereocenters. The second kappa shape index (κ2) is 8.03. The molecule has 1 N–H and O–H groups in total. The molecule has 1 fully saturated rings. The third-order valence-corrected chi connectivity index (χ3v) is 7.15. The van der Waals surface area contributed by atoms with Gasteiger partial charge in [-0.2, -0.15) is 4.31 Å². The number of fused-ring (bicyclic) bond motifs is 1. The lowest BCUT2D eigenvalue weighted by atomic mass is 10.0. The van der Waals surface area contributed by atoms with Crippen molar-refractivity contribution in [2.24, 2.45) is 0 Å². The standard InChI is InChI=1S/C21H24N2O4S/c24-21(14-16-7-8-17-3-1-4-18(17)13-16)22-19-5-2-6-20(15-19)28(25,26)23-9-11-27-12-10-23/h2,5-8,13,15H,1,3-4,9-12,14H2,(H,22,24). The Morgan fingerprint density at radius 3 is 2.64 bits per heavy atom. The lowest BCUT2D eigenvalue weighted by Gasteiger charge is -2.26. The zero-order valence-corrected chi connectivity index (χ0v) is 16.5. The molecular weight excluding hydrogens is 376 g/mol. The molecule has 1 saturated heterocycles. The van der Waals surface area contributed by atoms with Crippen molar-refractivity contribution in [3.63, 3.8) is 0 Å². The molecule has 1 heterocycles. The van der Waals surface area contributed by atoms with E-state index in [-0.39, 0.29) is 17.2 Å². The second-order valence-electron chi connectivity index (χ2n) is 7.23. The number of sulfonamides is 1. The van der Waals surface area contributed by atoms with Crippen LogP contribution in [0.5, 0.6) is 0 Å². The summed E-state index contributed by atoms with van der Waals surface area (Å²) in [6.45, 7) is 1.49. The van der Waals surface area contributed by atoms with Gasteiger partial charge in [-0.3, -0.25) is 4.79 Å². The number of nitrogens with zero attached hydrogens (tertiary/aromatic N) is 1. The normalized spacial score (nSPS) is 17.3. The van der Waals surface area contributed by atoms with E-state index in [0.717, 1.165) is 18.4 Å². The SMILES string of the molecule is O=C(Cc1ccc2c(c1)CCC2)Nc1cccc(S(=O)(=O)N2CCOCC2)c1. The van der Waals surface area contributed by atoms with E-state index >= 15 is 0 Å². The van der Waals surface area contributed by atoms with Crippen LogP contribution in [0.3, 0.4) is 0 Å². The van der Waals surface area contributed by atoms with Crippen LogP contribution in [-0.2, 0) is 38.8 Å². The number of hydrogen-bond donors (Lipinski definition) is 1. The Bertz CT molecular complexity index is 982. The highest BCUT2D eigenvalue weighted by Crippen LogP contribution is 2.24. The van der Waals surface area contributed by atoms with Gasteiger partial charge in [-0.1, -0.05) is 24.3 Å². The highest BCUT2D eigenvalue weighted by Gasteiger charge is 2.26. The minimum absolute atomic E-state index is 0.154. The second-order valence-corrected chi connectivity index (χ2v) is 9.16. The van der Waals surface area contributed by atoms with Crippen LogP contribution in [0.15, 0.2) is 47.4 Å². The quantitative estimate of drug-likeness (QED) is 0.836. The number of carbonyl (C=O) groups is 1. The van der Waals surface area contributed by atoms with Crippen molar-refractivity contribution in [2.45, 2.75) is 30.6 Å². The number of benzene rings is 2. The van der Waals surface area contributed by atoms with Crippen LogP contribution in [0.4, 0.5) is 5.69 Å². The number of carbonyl (C=O) groups excluding carboxylic acids is 1. The van der Waals surface area contributed by atoms with Crippen molar-refractivity contribution in [3.8, 4) is 0 Å². The third kappa shape index (κ3) is 4.11. The van der Waals surface area contributed by atoms with Crippen molar-refractivity contribution in [1.29, 1.82) is 0 Å². The van der Waals surface area contributed by atoms with E-state index in [0.29, 0.717) is 32.0 Å². The number of ether oxygens (including phenoxy) is 1. The average molecular weight is 401 g/mol. The number of morpholine rings is 1. The van der Waals surface area contributed by atoms with Crippen LogP contribution in [0, 0.1) is 0 Å². The minimum atomic E-state index is -3.58. The minimum Gasteiger partial charge on any atom is -0.379 e. The summed E-state index contributed by atoms with van der Waals surface area (Å²) in [6, 6.07) is 12.7. The molecular formula is C21H24N2O4S. The van der Waals surface area contributed by atoms with Gasteiger partial charge in [0.15, 0.2) is 0 Å². The van der Waals surface area contributed by atoms with Crippen molar-refractivity contribution in [1.82, 2.24) is 4.31 Å². The Balaban J connectivity index is 1.45. The summed E-state index contributed by atoms with van der Waals surface area (Å²) >= 11 is 0. The molecule has 1 aliphatic heterocycles. The molecule has 28 heavy (non-hydrogen) atoms. The molecule has 0 spiro atoms. The molecule has 0 aromatic heterocycles. The molecule has 1 amide bonds. The molecule has 2 aromatic rings. The predicted molar refractivity (Wildman–Crippen MR) is 107 cm³/mol. The Morgan fingerprint density at radius 1 is 1.04 bits per heavy atom. The first-order valence-electron chi connectivity index (χ1n) is 9.61. The summed E-state index contributed by atoms with van der Waals surface area (Å²) in [7, 11) is -3.58. The van der Waals surface area contributed by atoms with Gasteiger partial charge in [-0.15, -0.1) is 0 Å².